The number of nitro groups is 1. The number of nitriles is 1. The van der Waals surface area contributed by atoms with Gasteiger partial charge in [0.2, 0.25) is 5.16 Å². The number of para-hydroxylation sites is 1. The van der Waals surface area contributed by atoms with Crippen LogP contribution in [-0.2, 0) is 0 Å². The summed E-state index contributed by atoms with van der Waals surface area (Å²) in [6.45, 7) is 3.63. The Balaban J connectivity index is 1.84. The number of aromatic nitrogens is 5. The van der Waals surface area contributed by atoms with E-state index in [1.165, 1.54) is 23.9 Å². The van der Waals surface area contributed by atoms with Gasteiger partial charge in [-0.15, -0.1) is 15.3 Å². The molecule has 31 heavy (non-hydrogen) atoms. The van der Waals surface area contributed by atoms with E-state index in [0.717, 1.165) is 11.3 Å². The molecule has 2 aromatic heterocycles. The maximum Gasteiger partial charge on any atom is 0.269 e. The van der Waals surface area contributed by atoms with Gasteiger partial charge in [-0.2, -0.15) is 10.4 Å². The summed E-state index contributed by atoms with van der Waals surface area (Å²) in [6.07, 6.45) is 0. The van der Waals surface area contributed by atoms with E-state index in [1.807, 2.05) is 41.8 Å². The summed E-state index contributed by atoms with van der Waals surface area (Å²) in [4.78, 5) is 10.5. The minimum Gasteiger partial charge on any atom is -0.270 e. The highest BCUT2D eigenvalue weighted by molar-refractivity contribution is 7.99. The summed E-state index contributed by atoms with van der Waals surface area (Å²) in [5.74, 6) is 0.513. The summed E-state index contributed by atoms with van der Waals surface area (Å²) in [5, 5.41) is 38.5. The zero-order valence-corrected chi connectivity index (χ0v) is 17.4. The fraction of sp³-hybridized carbons (Fsp3) is 0.0952. The largest absolute Gasteiger partial charge is 0.270 e. The third-order valence-electron chi connectivity index (χ3n) is 4.71. The van der Waals surface area contributed by atoms with Gasteiger partial charge in [-0.3, -0.25) is 14.7 Å². The molecule has 4 aromatic rings. The molecule has 0 aliphatic heterocycles. The summed E-state index contributed by atoms with van der Waals surface area (Å²) in [7, 11) is 0. The molecule has 2 heterocycles. The molecule has 0 saturated heterocycles. The highest BCUT2D eigenvalue weighted by Crippen LogP contribution is 2.34. The average Bonchev–Trinajstić information content (AvgIpc) is 3.20. The zero-order chi connectivity index (χ0) is 22.0. The molecule has 0 saturated carbocycles. The van der Waals surface area contributed by atoms with Crippen molar-refractivity contribution in [2.24, 2.45) is 0 Å². The molecule has 0 unspecified atom stereocenters. The number of hydrogen-bond donors (Lipinski definition) is 0. The van der Waals surface area contributed by atoms with E-state index in [9.17, 15) is 15.4 Å². The maximum absolute atomic E-state index is 11.0. The number of nitro benzene ring substituents is 1. The van der Waals surface area contributed by atoms with Crippen LogP contribution in [0.15, 0.2) is 64.8 Å². The van der Waals surface area contributed by atoms with Gasteiger partial charge in [0, 0.05) is 23.4 Å². The van der Waals surface area contributed by atoms with Crippen molar-refractivity contribution in [3.63, 3.8) is 0 Å². The van der Waals surface area contributed by atoms with Crippen molar-refractivity contribution >= 4 is 17.4 Å². The first-order valence-corrected chi connectivity index (χ1v) is 9.98. The van der Waals surface area contributed by atoms with Crippen LogP contribution < -0.4 is 0 Å². The van der Waals surface area contributed by atoms with Gasteiger partial charge in [0.25, 0.3) is 5.69 Å². The van der Waals surface area contributed by atoms with E-state index in [2.05, 4.69) is 26.5 Å². The van der Waals surface area contributed by atoms with E-state index in [0.29, 0.717) is 32.8 Å². The van der Waals surface area contributed by atoms with E-state index < -0.39 is 4.92 Å². The number of non-ortho nitro benzene ring substituents is 1. The molecule has 2 aromatic carbocycles. The lowest BCUT2D eigenvalue weighted by atomic mass is 10.1. The molecule has 0 aliphatic carbocycles. The molecular formula is C21H15N7O2S. The first-order chi connectivity index (χ1) is 15.0. The van der Waals surface area contributed by atoms with Crippen LogP contribution in [0.4, 0.5) is 5.69 Å². The number of rotatable bonds is 5. The van der Waals surface area contributed by atoms with Gasteiger partial charge in [0.1, 0.15) is 11.1 Å². The van der Waals surface area contributed by atoms with E-state index in [-0.39, 0.29) is 5.69 Å². The Morgan fingerprint density at radius 2 is 1.71 bits per heavy atom. The predicted molar refractivity (Wildman–Crippen MR) is 114 cm³/mol. The zero-order valence-electron chi connectivity index (χ0n) is 16.6. The van der Waals surface area contributed by atoms with Crippen LogP contribution in [0, 0.1) is 35.3 Å². The minimum absolute atomic E-state index is 0.00630. The molecule has 152 valence electrons. The standard InChI is InChI=1S/C21H15N7O2S/c1-13-14(2)23-25-20(18(13)12-22)31-21-26-24-19(27(21)16-6-4-3-5-7-16)15-8-10-17(11-9-15)28(29)30/h3-11H,1-2H3. The second-order valence-electron chi connectivity index (χ2n) is 6.59. The molecular weight excluding hydrogens is 414 g/mol. The van der Waals surface area contributed by atoms with E-state index >= 15 is 0 Å². The van der Waals surface area contributed by atoms with Gasteiger partial charge in [-0.25, -0.2) is 0 Å². The van der Waals surface area contributed by atoms with Gasteiger partial charge >= 0.3 is 0 Å². The second kappa shape index (κ2) is 8.33. The highest BCUT2D eigenvalue weighted by Gasteiger charge is 2.20. The molecule has 0 atom stereocenters. The average molecular weight is 429 g/mol. The molecule has 9 nitrogen and oxygen atoms in total. The van der Waals surface area contributed by atoms with Crippen LogP contribution in [0.25, 0.3) is 17.1 Å². The molecule has 0 amide bonds. The van der Waals surface area contributed by atoms with Crippen molar-refractivity contribution in [1.82, 2.24) is 25.0 Å². The van der Waals surface area contributed by atoms with Gasteiger partial charge in [0.15, 0.2) is 5.82 Å². The Morgan fingerprint density at radius 1 is 1.00 bits per heavy atom. The third kappa shape index (κ3) is 3.86. The van der Waals surface area contributed by atoms with Gasteiger partial charge < -0.3 is 0 Å². The molecule has 0 fully saturated rings. The highest BCUT2D eigenvalue weighted by atomic mass is 32.2. The SMILES string of the molecule is Cc1nnc(Sc2nnc(-c3ccc([N+](=O)[O-])cc3)n2-c2ccccc2)c(C#N)c1C. The lowest BCUT2D eigenvalue weighted by Crippen LogP contribution is -2.02. The number of hydrogen-bond acceptors (Lipinski definition) is 8. The topological polar surface area (TPSA) is 123 Å². The molecule has 0 N–H and O–H groups in total. The Morgan fingerprint density at radius 3 is 2.35 bits per heavy atom. The Kier molecular flexibility index (Phi) is 5.43. The predicted octanol–water partition coefficient (Wildman–Crippen LogP) is 4.27. The first-order valence-electron chi connectivity index (χ1n) is 9.17. The molecule has 4 rings (SSSR count). The first kappa shape index (κ1) is 20.2. The van der Waals surface area contributed by atoms with Crippen LogP contribution in [0.1, 0.15) is 16.8 Å². The Hall–Kier alpha value is -4.10. The van der Waals surface area contributed by atoms with Gasteiger partial charge in [-0.05, 0) is 55.4 Å². The molecule has 0 bridgehead atoms. The molecule has 0 radical (unpaired) electrons. The normalized spacial score (nSPS) is 10.6. The number of aryl methyl sites for hydroxylation is 1. The van der Waals surface area contributed by atoms with Crippen molar-refractivity contribution in [1.29, 1.82) is 5.26 Å². The summed E-state index contributed by atoms with van der Waals surface area (Å²) >= 11 is 1.19. The monoisotopic (exact) mass is 429 g/mol. The quantitative estimate of drug-likeness (QED) is 0.340. The van der Waals surface area contributed by atoms with Crippen molar-refractivity contribution in [3.8, 4) is 23.1 Å². The van der Waals surface area contributed by atoms with Gasteiger partial charge in [0.05, 0.1) is 16.2 Å². The second-order valence-corrected chi connectivity index (χ2v) is 7.54. The van der Waals surface area contributed by atoms with Crippen molar-refractivity contribution in [3.05, 3.63) is 81.5 Å². The Labute approximate surface area is 181 Å². The lowest BCUT2D eigenvalue weighted by molar-refractivity contribution is -0.384. The van der Waals surface area contributed by atoms with E-state index in [1.54, 1.807) is 19.1 Å². The van der Waals surface area contributed by atoms with Gasteiger partial charge in [-0.1, -0.05) is 18.2 Å². The molecule has 10 heteroatoms. The fourth-order valence-corrected chi connectivity index (χ4v) is 3.86. The van der Waals surface area contributed by atoms with Crippen molar-refractivity contribution < 1.29 is 4.92 Å². The number of benzene rings is 2. The van der Waals surface area contributed by atoms with Crippen molar-refractivity contribution in [2.75, 3.05) is 0 Å². The van der Waals surface area contributed by atoms with Crippen LogP contribution >= 0.6 is 11.8 Å². The molecule has 0 spiro atoms. The maximum atomic E-state index is 11.0. The van der Waals surface area contributed by atoms with E-state index in [4.69, 9.17) is 0 Å². The summed E-state index contributed by atoms with van der Waals surface area (Å²) in [5.41, 5.74) is 3.36. The fourth-order valence-electron chi connectivity index (χ4n) is 2.94. The van der Waals surface area contributed by atoms with Crippen LogP contribution in [0.3, 0.4) is 0 Å². The van der Waals surface area contributed by atoms with Crippen LogP contribution in [0.5, 0.6) is 0 Å². The minimum atomic E-state index is -0.450. The summed E-state index contributed by atoms with van der Waals surface area (Å²) < 4.78 is 1.82. The third-order valence-corrected chi connectivity index (χ3v) is 5.63. The lowest BCUT2D eigenvalue weighted by Gasteiger charge is -2.11. The molecule has 0 aliphatic rings. The van der Waals surface area contributed by atoms with Crippen molar-refractivity contribution in [2.45, 2.75) is 24.0 Å². The Bertz CT molecular complexity index is 1310. The van der Waals surface area contributed by atoms with Crippen LogP contribution in [-0.4, -0.2) is 29.9 Å². The number of nitrogens with zero attached hydrogens (tertiary/aromatic N) is 7. The van der Waals surface area contributed by atoms with Crippen LogP contribution in [0.2, 0.25) is 0 Å². The summed E-state index contributed by atoms with van der Waals surface area (Å²) in [6, 6.07) is 17.8. The smallest absolute Gasteiger partial charge is 0.269 e.